The van der Waals surface area contributed by atoms with Crippen molar-refractivity contribution >= 4 is 0 Å². The normalized spacial score (nSPS) is 12.9. The minimum absolute atomic E-state index is 0.0828. The highest BCUT2D eigenvalue weighted by Gasteiger charge is 2.17. The summed E-state index contributed by atoms with van der Waals surface area (Å²) in [5.41, 5.74) is 1.03. The first-order valence-corrected chi connectivity index (χ1v) is 5.61. The van der Waals surface area contributed by atoms with Crippen LogP contribution in [0.1, 0.15) is 18.5 Å². The molecule has 0 spiro atoms. The van der Waals surface area contributed by atoms with Crippen molar-refractivity contribution in [3.05, 3.63) is 35.9 Å². The Kier molecular flexibility index (Phi) is 6.76. The zero-order chi connectivity index (χ0) is 12.5. The summed E-state index contributed by atoms with van der Waals surface area (Å²) in [6.45, 7) is 2.07. The molecule has 1 atom stereocenters. The number of hydrogen-bond donors (Lipinski definition) is 2. The molecule has 1 aromatic rings. The quantitative estimate of drug-likeness (QED) is 0.662. The molecule has 2 N–H and O–H groups in total. The van der Waals surface area contributed by atoms with Crippen molar-refractivity contribution < 1.29 is 19.9 Å². The lowest BCUT2D eigenvalue weighted by atomic mass is 10.1. The van der Waals surface area contributed by atoms with E-state index >= 15 is 0 Å². The molecule has 0 bridgehead atoms. The van der Waals surface area contributed by atoms with Crippen LogP contribution in [-0.4, -0.2) is 41.9 Å². The van der Waals surface area contributed by atoms with Gasteiger partial charge in [0.05, 0.1) is 32.5 Å². The Balaban J connectivity index is 2.61. The predicted molar refractivity (Wildman–Crippen MR) is 62.8 cm³/mol. The van der Waals surface area contributed by atoms with Crippen LogP contribution < -0.4 is 0 Å². The molecule has 0 fully saturated rings. The van der Waals surface area contributed by atoms with E-state index in [1.807, 2.05) is 37.3 Å². The Labute approximate surface area is 101 Å². The zero-order valence-corrected chi connectivity index (χ0v) is 9.95. The van der Waals surface area contributed by atoms with Crippen LogP contribution >= 0.6 is 0 Å². The zero-order valence-electron chi connectivity index (χ0n) is 9.95. The van der Waals surface area contributed by atoms with Gasteiger partial charge in [0.1, 0.15) is 0 Å². The first-order chi connectivity index (χ1) is 8.29. The van der Waals surface area contributed by atoms with Gasteiger partial charge in [-0.05, 0) is 12.5 Å². The van der Waals surface area contributed by atoms with E-state index < -0.39 is 0 Å². The van der Waals surface area contributed by atoms with Gasteiger partial charge in [0.15, 0.2) is 0 Å². The Morgan fingerprint density at radius 1 is 1.06 bits per heavy atom. The van der Waals surface area contributed by atoms with E-state index in [1.54, 1.807) is 0 Å². The Bertz CT molecular complexity index is 286. The topological polar surface area (TPSA) is 62.2 Å². The average molecular weight is 241 g/mol. The summed E-state index contributed by atoms with van der Waals surface area (Å²) >= 11 is 0. The molecule has 96 valence electrons. The maximum Gasteiger partial charge on any atom is 0.0943 e. The molecule has 0 aliphatic rings. The molecule has 0 amide bonds. The van der Waals surface area contributed by atoms with E-state index in [2.05, 4.69) is 0 Å². The largest absolute Gasteiger partial charge is 0.394 e. The number of nitrogens with zero attached hydrogens (tertiary/aromatic N) is 1. The molecule has 17 heavy (non-hydrogen) atoms. The molecule has 0 aromatic heterocycles. The van der Waals surface area contributed by atoms with Gasteiger partial charge in [-0.15, -0.1) is 0 Å². The molecule has 0 heterocycles. The number of hydroxylamine groups is 2. The van der Waals surface area contributed by atoms with Crippen molar-refractivity contribution in [2.24, 2.45) is 0 Å². The minimum atomic E-state index is -0.116. The first-order valence-electron chi connectivity index (χ1n) is 5.61. The molecular formula is C12H19NO4. The number of rotatable bonds is 8. The number of benzene rings is 1. The van der Waals surface area contributed by atoms with Gasteiger partial charge in [0, 0.05) is 0 Å². The van der Waals surface area contributed by atoms with Crippen LogP contribution in [-0.2, 0) is 9.68 Å². The molecule has 0 aliphatic heterocycles. The van der Waals surface area contributed by atoms with Gasteiger partial charge < -0.3 is 10.2 Å². The smallest absolute Gasteiger partial charge is 0.0943 e. The third-order valence-electron chi connectivity index (χ3n) is 2.22. The minimum Gasteiger partial charge on any atom is -0.394 e. The van der Waals surface area contributed by atoms with Gasteiger partial charge in [0.25, 0.3) is 0 Å². The highest BCUT2D eigenvalue weighted by Crippen LogP contribution is 2.20. The summed E-state index contributed by atoms with van der Waals surface area (Å²) in [5.74, 6) is 0. The van der Waals surface area contributed by atoms with Crippen molar-refractivity contribution in [1.82, 2.24) is 5.23 Å². The number of hydrogen-bond acceptors (Lipinski definition) is 5. The summed E-state index contributed by atoms with van der Waals surface area (Å²) in [4.78, 5) is 10.5. The monoisotopic (exact) mass is 241 g/mol. The lowest BCUT2D eigenvalue weighted by molar-refractivity contribution is -0.391. The Morgan fingerprint density at radius 2 is 1.59 bits per heavy atom. The molecule has 1 rings (SSSR count). The molecule has 5 nitrogen and oxygen atoms in total. The van der Waals surface area contributed by atoms with Crippen molar-refractivity contribution in [3.8, 4) is 0 Å². The van der Waals surface area contributed by atoms with Crippen LogP contribution in [0.2, 0.25) is 0 Å². The molecule has 5 heteroatoms. The van der Waals surface area contributed by atoms with E-state index in [4.69, 9.17) is 19.9 Å². The molecule has 1 aromatic carbocycles. The van der Waals surface area contributed by atoms with E-state index in [-0.39, 0.29) is 32.5 Å². The fourth-order valence-electron chi connectivity index (χ4n) is 1.38. The van der Waals surface area contributed by atoms with Gasteiger partial charge >= 0.3 is 0 Å². The van der Waals surface area contributed by atoms with Crippen LogP contribution in [0.4, 0.5) is 0 Å². The summed E-state index contributed by atoms with van der Waals surface area (Å²) in [6.07, 6.45) is 0. The fraction of sp³-hybridized carbons (Fsp3) is 0.500. The summed E-state index contributed by atoms with van der Waals surface area (Å²) in [5, 5.41) is 18.8. The third-order valence-corrected chi connectivity index (χ3v) is 2.22. The SMILES string of the molecule is CC(c1ccccc1)N(OCCO)OCCO. The van der Waals surface area contributed by atoms with Crippen molar-refractivity contribution in [3.63, 3.8) is 0 Å². The maximum absolute atomic E-state index is 8.74. The van der Waals surface area contributed by atoms with Crippen molar-refractivity contribution in [1.29, 1.82) is 0 Å². The molecule has 0 radical (unpaired) electrons. The third kappa shape index (κ3) is 4.80. The predicted octanol–water partition coefficient (Wildman–Crippen LogP) is 0.897. The number of aliphatic hydroxyl groups excluding tert-OH is 2. The standard InChI is InChI=1S/C12H19NO4/c1-11(12-5-3-2-4-6-12)13(16-9-7-14)17-10-8-15/h2-6,11,14-15H,7-10H2,1H3. The first kappa shape index (κ1) is 14.1. The van der Waals surface area contributed by atoms with E-state index in [0.29, 0.717) is 0 Å². The maximum atomic E-state index is 8.74. The Morgan fingerprint density at radius 3 is 2.06 bits per heavy atom. The van der Waals surface area contributed by atoms with Gasteiger partial charge in [-0.3, -0.25) is 9.68 Å². The van der Waals surface area contributed by atoms with Crippen molar-refractivity contribution in [2.75, 3.05) is 26.4 Å². The lowest BCUT2D eigenvalue weighted by Gasteiger charge is -2.26. The van der Waals surface area contributed by atoms with E-state index in [0.717, 1.165) is 5.56 Å². The fourth-order valence-corrected chi connectivity index (χ4v) is 1.38. The Hall–Kier alpha value is -0.980. The molecule has 0 saturated heterocycles. The van der Waals surface area contributed by atoms with Gasteiger partial charge in [-0.25, -0.2) is 0 Å². The second-order valence-electron chi connectivity index (χ2n) is 3.49. The second-order valence-corrected chi connectivity index (χ2v) is 3.49. The van der Waals surface area contributed by atoms with Gasteiger partial charge in [-0.2, -0.15) is 0 Å². The summed E-state index contributed by atoms with van der Waals surface area (Å²) in [7, 11) is 0. The van der Waals surface area contributed by atoms with Crippen LogP contribution in [0.25, 0.3) is 0 Å². The van der Waals surface area contributed by atoms with E-state index in [9.17, 15) is 0 Å². The lowest BCUT2D eigenvalue weighted by Crippen LogP contribution is -2.30. The van der Waals surface area contributed by atoms with Crippen LogP contribution in [0.3, 0.4) is 0 Å². The van der Waals surface area contributed by atoms with Crippen LogP contribution in [0.15, 0.2) is 30.3 Å². The average Bonchev–Trinajstić information content (AvgIpc) is 2.39. The highest BCUT2D eigenvalue weighted by molar-refractivity contribution is 5.17. The molecule has 0 aliphatic carbocycles. The highest BCUT2D eigenvalue weighted by atomic mass is 17.0. The number of aliphatic hydroxyl groups is 2. The van der Waals surface area contributed by atoms with E-state index in [1.165, 1.54) is 5.23 Å². The summed E-state index contributed by atoms with van der Waals surface area (Å²) < 4.78 is 0. The molecular weight excluding hydrogens is 222 g/mol. The second kappa shape index (κ2) is 8.16. The van der Waals surface area contributed by atoms with Gasteiger partial charge in [0.2, 0.25) is 0 Å². The summed E-state index contributed by atoms with van der Waals surface area (Å²) in [6, 6.07) is 9.60. The van der Waals surface area contributed by atoms with Crippen molar-refractivity contribution in [2.45, 2.75) is 13.0 Å². The molecule has 0 saturated carbocycles. The molecule has 1 unspecified atom stereocenters. The van der Waals surface area contributed by atoms with Gasteiger partial charge in [-0.1, -0.05) is 35.6 Å². The van der Waals surface area contributed by atoms with Crippen LogP contribution in [0, 0.1) is 0 Å². The van der Waals surface area contributed by atoms with Crippen LogP contribution in [0.5, 0.6) is 0 Å².